The summed E-state index contributed by atoms with van der Waals surface area (Å²) in [7, 11) is 1.56. The summed E-state index contributed by atoms with van der Waals surface area (Å²) in [6, 6.07) is 5.24. The SMILES string of the molecule is CCOC(=O)[C@]1(C)CCC(=O)c2ccc(OC)cc21. The minimum Gasteiger partial charge on any atom is -0.497 e. The van der Waals surface area contributed by atoms with Gasteiger partial charge in [0.25, 0.3) is 0 Å². The molecule has 0 radical (unpaired) electrons. The minimum absolute atomic E-state index is 0.0689. The number of carbonyl (C=O) groups is 2. The molecule has 1 aromatic carbocycles. The Morgan fingerprint density at radius 2 is 2.16 bits per heavy atom. The lowest BCUT2D eigenvalue weighted by Gasteiger charge is -2.33. The number of esters is 1. The smallest absolute Gasteiger partial charge is 0.316 e. The molecule has 4 nitrogen and oxygen atoms in total. The van der Waals surface area contributed by atoms with Gasteiger partial charge in [0.1, 0.15) is 5.75 Å². The number of carbonyl (C=O) groups excluding carboxylic acids is 2. The molecule has 4 heteroatoms. The van der Waals surface area contributed by atoms with Crippen LogP contribution in [0.4, 0.5) is 0 Å². The zero-order chi connectivity index (χ0) is 14.0. The lowest BCUT2D eigenvalue weighted by Crippen LogP contribution is -2.39. The van der Waals surface area contributed by atoms with Crippen molar-refractivity contribution >= 4 is 11.8 Å². The van der Waals surface area contributed by atoms with E-state index in [0.717, 1.165) is 0 Å². The molecule has 0 saturated carbocycles. The van der Waals surface area contributed by atoms with Crippen LogP contribution in [0.3, 0.4) is 0 Å². The number of hydrogen-bond donors (Lipinski definition) is 0. The summed E-state index contributed by atoms with van der Waals surface area (Å²) in [4.78, 5) is 24.2. The summed E-state index contributed by atoms with van der Waals surface area (Å²) in [6.07, 6.45) is 0.847. The molecule has 1 atom stereocenters. The third-order valence-corrected chi connectivity index (χ3v) is 3.70. The van der Waals surface area contributed by atoms with E-state index in [1.165, 1.54) is 0 Å². The van der Waals surface area contributed by atoms with E-state index < -0.39 is 5.41 Å². The van der Waals surface area contributed by atoms with E-state index in [0.29, 0.717) is 36.3 Å². The molecule has 0 aromatic heterocycles. The molecule has 1 aliphatic carbocycles. The number of Topliss-reactive ketones (excluding diaryl/α,β-unsaturated/α-hetero) is 1. The molecule has 0 unspecified atom stereocenters. The fraction of sp³-hybridized carbons (Fsp3) is 0.467. The largest absolute Gasteiger partial charge is 0.497 e. The maximum atomic E-state index is 12.2. The summed E-state index contributed by atoms with van der Waals surface area (Å²) < 4.78 is 10.3. The highest BCUT2D eigenvalue weighted by atomic mass is 16.5. The van der Waals surface area contributed by atoms with Crippen molar-refractivity contribution in [3.63, 3.8) is 0 Å². The number of methoxy groups -OCH3 is 1. The highest BCUT2D eigenvalue weighted by Crippen LogP contribution is 2.39. The fourth-order valence-corrected chi connectivity index (χ4v) is 2.49. The lowest BCUT2D eigenvalue weighted by atomic mass is 9.71. The Morgan fingerprint density at radius 1 is 1.42 bits per heavy atom. The predicted molar refractivity (Wildman–Crippen MR) is 70.5 cm³/mol. The zero-order valence-corrected chi connectivity index (χ0v) is 11.5. The van der Waals surface area contributed by atoms with E-state index in [4.69, 9.17) is 9.47 Å². The van der Waals surface area contributed by atoms with Crippen molar-refractivity contribution in [2.75, 3.05) is 13.7 Å². The Labute approximate surface area is 112 Å². The molecule has 0 amide bonds. The van der Waals surface area contributed by atoms with Gasteiger partial charge in [-0.25, -0.2) is 0 Å². The molecule has 0 fully saturated rings. The summed E-state index contributed by atoms with van der Waals surface area (Å²) in [5.41, 5.74) is 0.539. The molecule has 102 valence electrons. The first kappa shape index (κ1) is 13.6. The predicted octanol–water partition coefficient (Wildman–Crippen LogP) is 2.49. The van der Waals surface area contributed by atoms with Gasteiger partial charge in [-0.3, -0.25) is 9.59 Å². The van der Waals surface area contributed by atoms with E-state index in [2.05, 4.69) is 0 Å². The second kappa shape index (κ2) is 5.03. The Morgan fingerprint density at radius 3 is 2.79 bits per heavy atom. The van der Waals surface area contributed by atoms with Crippen LogP contribution >= 0.6 is 0 Å². The summed E-state index contributed by atoms with van der Waals surface area (Å²) >= 11 is 0. The van der Waals surface area contributed by atoms with E-state index in [1.807, 2.05) is 6.92 Å². The summed E-state index contributed by atoms with van der Waals surface area (Å²) in [5.74, 6) is 0.431. The van der Waals surface area contributed by atoms with Crippen molar-refractivity contribution in [3.8, 4) is 5.75 Å². The Kier molecular flexibility index (Phi) is 3.60. The van der Waals surface area contributed by atoms with Crippen LogP contribution in [0.15, 0.2) is 18.2 Å². The summed E-state index contributed by atoms with van der Waals surface area (Å²) in [6.45, 7) is 3.94. The first-order valence-electron chi connectivity index (χ1n) is 6.42. The number of hydrogen-bond acceptors (Lipinski definition) is 4. The van der Waals surface area contributed by atoms with Gasteiger partial charge in [0, 0.05) is 12.0 Å². The number of ether oxygens (including phenoxy) is 2. The van der Waals surface area contributed by atoms with Crippen LogP contribution in [-0.2, 0) is 14.9 Å². The van der Waals surface area contributed by atoms with Crippen LogP contribution in [-0.4, -0.2) is 25.5 Å². The number of benzene rings is 1. The molecule has 2 rings (SSSR count). The average Bonchev–Trinajstić information content (AvgIpc) is 2.43. The van der Waals surface area contributed by atoms with Gasteiger partial charge in [0.15, 0.2) is 5.78 Å². The minimum atomic E-state index is -0.770. The van der Waals surface area contributed by atoms with E-state index in [1.54, 1.807) is 32.2 Å². The van der Waals surface area contributed by atoms with Gasteiger partial charge in [-0.15, -0.1) is 0 Å². The third-order valence-electron chi connectivity index (χ3n) is 3.70. The Hall–Kier alpha value is -1.84. The van der Waals surface area contributed by atoms with Gasteiger partial charge >= 0.3 is 5.97 Å². The van der Waals surface area contributed by atoms with Crippen LogP contribution in [0.25, 0.3) is 0 Å². The average molecular weight is 262 g/mol. The highest BCUT2D eigenvalue weighted by Gasteiger charge is 2.43. The Bertz CT molecular complexity index is 521. The van der Waals surface area contributed by atoms with E-state index in [-0.39, 0.29) is 11.8 Å². The maximum Gasteiger partial charge on any atom is 0.316 e. The monoisotopic (exact) mass is 262 g/mol. The van der Waals surface area contributed by atoms with Gasteiger partial charge in [0.05, 0.1) is 19.1 Å². The Balaban J connectivity index is 2.53. The zero-order valence-electron chi connectivity index (χ0n) is 11.5. The summed E-state index contributed by atoms with van der Waals surface area (Å²) in [5, 5.41) is 0. The molecule has 0 aliphatic heterocycles. The van der Waals surface area contributed by atoms with Crippen LogP contribution in [0.1, 0.15) is 42.6 Å². The van der Waals surface area contributed by atoms with Crippen molar-refractivity contribution in [2.24, 2.45) is 0 Å². The molecular formula is C15H18O4. The standard InChI is InChI=1S/C15H18O4/c1-4-19-14(17)15(2)8-7-13(16)11-6-5-10(18-3)9-12(11)15/h5-6,9H,4,7-8H2,1-3H3/t15-/m1/s1. The first-order valence-corrected chi connectivity index (χ1v) is 6.42. The quantitative estimate of drug-likeness (QED) is 0.785. The molecule has 0 heterocycles. The molecule has 1 aliphatic rings. The van der Waals surface area contributed by atoms with Gasteiger partial charge in [-0.05, 0) is 44.0 Å². The molecule has 19 heavy (non-hydrogen) atoms. The van der Waals surface area contributed by atoms with Crippen molar-refractivity contribution in [3.05, 3.63) is 29.3 Å². The molecule has 0 bridgehead atoms. The van der Waals surface area contributed by atoms with Gasteiger partial charge in [-0.2, -0.15) is 0 Å². The second-order valence-electron chi connectivity index (χ2n) is 4.89. The van der Waals surface area contributed by atoms with Crippen molar-refractivity contribution in [1.82, 2.24) is 0 Å². The number of rotatable bonds is 3. The molecule has 1 aromatic rings. The number of ketones is 1. The molecular weight excluding hydrogens is 244 g/mol. The molecule has 0 N–H and O–H groups in total. The van der Waals surface area contributed by atoms with Crippen LogP contribution in [0.5, 0.6) is 5.75 Å². The van der Waals surface area contributed by atoms with Crippen LogP contribution < -0.4 is 4.74 Å². The van der Waals surface area contributed by atoms with Crippen molar-refractivity contribution < 1.29 is 19.1 Å². The molecule has 0 saturated heterocycles. The second-order valence-corrected chi connectivity index (χ2v) is 4.89. The topological polar surface area (TPSA) is 52.6 Å². The van der Waals surface area contributed by atoms with Crippen molar-refractivity contribution in [1.29, 1.82) is 0 Å². The third kappa shape index (κ3) is 2.23. The number of fused-ring (bicyclic) bond motifs is 1. The van der Waals surface area contributed by atoms with Crippen LogP contribution in [0, 0.1) is 0 Å². The van der Waals surface area contributed by atoms with Gasteiger partial charge < -0.3 is 9.47 Å². The first-order chi connectivity index (χ1) is 9.02. The van der Waals surface area contributed by atoms with E-state index >= 15 is 0 Å². The van der Waals surface area contributed by atoms with Gasteiger partial charge in [-0.1, -0.05) is 0 Å². The fourth-order valence-electron chi connectivity index (χ4n) is 2.49. The van der Waals surface area contributed by atoms with Gasteiger partial charge in [0.2, 0.25) is 0 Å². The highest BCUT2D eigenvalue weighted by molar-refractivity contribution is 6.02. The molecule has 0 spiro atoms. The lowest BCUT2D eigenvalue weighted by molar-refractivity contribution is -0.149. The maximum absolute atomic E-state index is 12.2. The normalized spacial score (nSPS) is 21.7. The van der Waals surface area contributed by atoms with Crippen molar-refractivity contribution in [2.45, 2.75) is 32.1 Å². The van der Waals surface area contributed by atoms with Crippen LogP contribution in [0.2, 0.25) is 0 Å². The van der Waals surface area contributed by atoms with E-state index in [9.17, 15) is 9.59 Å².